The molecule has 0 aliphatic rings. The number of nitrogens with one attached hydrogen (secondary N) is 1. The summed E-state index contributed by atoms with van der Waals surface area (Å²) in [5.74, 6) is 0.00498. The van der Waals surface area contributed by atoms with E-state index in [-0.39, 0.29) is 17.4 Å². The second kappa shape index (κ2) is 4.81. The molecule has 0 aliphatic carbocycles. The van der Waals surface area contributed by atoms with Gasteiger partial charge < -0.3 is 5.73 Å². The van der Waals surface area contributed by atoms with Crippen LogP contribution in [0.4, 0.5) is 5.82 Å². The van der Waals surface area contributed by atoms with Crippen molar-refractivity contribution in [1.82, 2.24) is 19.1 Å². The summed E-state index contributed by atoms with van der Waals surface area (Å²) < 4.78 is 28.7. The zero-order valence-electron chi connectivity index (χ0n) is 10.4. The van der Waals surface area contributed by atoms with E-state index in [1.807, 2.05) is 6.92 Å². The van der Waals surface area contributed by atoms with Crippen LogP contribution in [0.2, 0.25) is 0 Å². The molecular formula is C10H11N5O2S3. The van der Waals surface area contributed by atoms with Crippen molar-refractivity contribution in [2.45, 2.75) is 18.5 Å². The van der Waals surface area contributed by atoms with Gasteiger partial charge in [0.2, 0.25) is 0 Å². The Bertz CT molecular complexity index is 861. The van der Waals surface area contributed by atoms with E-state index in [0.29, 0.717) is 4.96 Å². The molecule has 0 unspecified atom stereocenters. The molecule has 3 N–H and O–H groups in total. The topological polar surface area (TPSA) is 102 Å². The van der Waals surface area contributed by atoms with Crippen molar-refractivity contribution < 1.29 is 8.42 Å². The SMILES string of the molecule is Cc1ncsc1CNS(=O)(=O)c1c(N)nc2sccn12. The molecule has 0 bridgehead atoms. The van der Waals surface area contributed by atoms with Gasteiger partial charge in [-0.3, -0.25) is 4.40 Å². The lowest BCUT2D eigenvalue weighted by atomic mass is 10.4. The fourth-order valence-electron chi connectivity index (χ4n) is 1.77. The summed E-state index contributed by atoms with van der Waals surface area (Å²) in [5.41, 5.74) is 8.21. The Hall–Kier alpha value is -1.49. The van der Waals surface area contributed by atoms with E-state index in [1.54, 1.807) is 17.1 Å². The summed E-state index contributed by atoms with van der Waals surface area (Å²) in [6, 6.07) is 0. The van der Waals surface area contributed by atoms with Gasteiger partial charge in [-0.1, -0.05) is 0 Å². The summed E-state index contributed by atoms with van der Waals surface area (Å²) in [4.78, 5) is 9.54. The first-order chi connectivity index (χ1) is 9.49. The van der Waals surface area contributed by atoms with Crippen molar-refractivity contribution in [3.63, 3.8) is 0 Å². The van der Waals surface area contributed by atoms with E-state index in [4.69, 9.17) is 5.73 Å². The minimum atomic E-state index is -3.73. The van der Waals surface area contributed by atoms with Crippen LogP contribution >= 0.6 is 22.7 Å². The first-order valence-electron chi connectivity index (χ1n) is 5.58. The number of thiazole rings is 2. The lowest BCUT2D eigenvalue weighted by molar-refractivity contribution is 0.577. The van der Waals surface area contributed by atoms with Gasteiger partial charge >= 0.3 is 0 Å². The summed E-state index contributed by atoms with van der Waals surface area (Å²) in [6.45, 7) is 2.03. The Morgan fingerprint density at radius 3 is 2.95 bits per heavy atom. The Kier molecular flexibility index (Phi) is 3.24. The van der Waals surface area contributed by atoms with Crippen LogP contribution in [0.5, 0.6) is 0 Å². The number of anilines is 1. The van der Waals surface area contributed by atoms with Gasteiger partial charge in [-0.2, -0.15) is 0 Å². The normalized spacial score (nSPS) is 12.2. The van der Waals surface area contributed by atoms with Crippen molar-refractivity contribution in [3.8, 4) is 0 Å². The fraction of sp³-hybridized carbons (Fsp3) is 0.200. The number of hydrogen-bond donors (Lipinski definition) is 2. The third-order valence-electron chi connectivity index (χ3n) is 2.77. The van der Waals surface area contributed by atoms with Gasteiger partial charge in [0, 0.05) is 23.0 Å². The highest BCUT2D eigenvalue weighted by Gasteiger charge is 2.24. The number of aryl methyl sites for hydroxylation is 1. The highest BCUT2D eigenvalue weighted by Crippen LogP contribution is 2.23. The predicted molar refractivity (Wildman–Crippen MR) is 78.4 cm³/mol. The number of sulfonamides is 1. The number of rotatable bonds is 4. The number of fused-ring (bicyclic) bond motifs is 1. The quantitative estimate of drug-likeness (QED) is 0.749. The van der Waals surface area contributed by atoms with Crippen LogP contribution in [0.15, 0.2) is 22.1 Å². The van der Waals surface area contributed by atoms with Crippen molar-refractivity contribution >= 4 is 43.5 Å². The Balaban J connectivity index is 1.94. The van der Waals surface area contributed by atoms with E-state index in [1.165, 1.54) is 27.1 Å². The first-order valence-corrected chi connectivity index (χ1v) is 8.83. The van der Waals surface area contributed by atoms with Gasteiger partial charge in [0.1, 0.15) is 0 Å². The zero-order chi connectivity index (χ0) is 14.3. The van der Waals surface area contributed by atoms with E-state index in [9.17, 15) is 8.42 Å². The average Bonchev–Trinajstić information content (AvgIpc) is 3.02. The molecule has 20 heavy (non-hydrogen) atoms. The lowest BCUT2D eigenvalue weighted by Gasteiger charge is -2.05. The molecule has 0 radical (unpaired) electrons. The van der Waals surface area contributed by atoms with Crippen LogP contribution in [0.3, 0.4) is 0 Å². The summed E-state index contributed by atoms with van der Waals surface area (Å²) in [6.07, 6.45) is 1.63. The van der Waals surface area contributed by atoms with Crippen LogP contribution in [0.25, 0.3) is 4.96 Å². The highest BCUT2D eigenvalue weighted by molar-refractivity contribution is 7.89. The van der Waals surface area contributed by atoms with Crippen LogP contribution < -0.4 is 10.5 Å². The van der Waals surface area contributed by atoms with Crippen LogP contribution in [0, 0.1) is 6.92 Å². The molecule has 0 spiro atoms. The molecule has 3 aromatic heterocycles. The molecule has 7 nitrogen and oxygen atoms in total. The van der Waals surface area contributed by atoms with Gasteiger partial charge in [-0.15, -0.1) is 22.7 Å². The molecule has 0 fully saturated rings. The third kappa shape index (κ3) is 2.20. The lowest BCUT2D eigenvalue weighted by Crippen LogP contribution is -2.25. The number of aromatic nitrogens is 3. The maximum absolute atomic E-state index is 12.4. The van der Waals surface area contributed by atoms with Crippen LogP contribution in [-0.2, 0) is 16.6 Å². The molecule has 106 valence electrons. The first kappa shape index (κ1) is 13.5. The molecule has 0 saturated heterocycles. The maximum Gasteiger partial charge on any atom is 0.260 e. The van der Waals surface area contributed by atoms with Gasteiger partial charge in [0.15, 0.2) is 15.8 Å². The molecule has 0 aromatic carbocycles. The standard InChI is InChI=1S/C10H11N5O2S3/c1-6-7(19-5-12-6)4-13-20(16,17)9-8(11)14-10-15(9)2-3-18-10/h2-3,5,13H,4,11H2,1H3. The smallest absolute Gasteiger partial charge is 0.260 e. The van der Waals surface area contributed by atoms with Crippen molar-refractivity contribution in [2.75, 3.05) is 5.73 Å². The largest absolute Gasteiger partial charge is 0.381 e. The Labute approximate surface area is 123 Å². The average molecular weight is 329 g/mol. The molecular weight excluding hydrogens is 318 g/mol. The third-order valence-corrected chi connectivity index (χ3v) is 5.90. The Morgan fingerprint density at radius 2 is 2.25 bits per heavy atom. The molecule has 0 aliphatic heterocycles. The second-order valence-electron chi connectivity index (χ2n) is 4.04. The monoisotopic (exact) mass is 329 g/mol. The van der Waals surface area contributed by atoms with Crippen molar-refractivity contribution in [1.29, 1.82) is 0 Å². The van der Waals surface area contributed by atoms with Gasteiger partial charge in [-0.05, 0) is 6.92 Å². The van der Waals surface area contributed by atoms with Gasteiger partial charge in [0.25, 0.3) is 10.0 Å². The van der Waals surface area contributed by atoms with Gasteiger partial charge in [-0.25, -0.2) is 23.1 Å². The molecule has 0 atom stereocenters. The van der Waals surface area contributed by atoms with E-state index < -0.39 is 10.0 Å². The van der Waals surface area contributed by atoms with Gasteiger partial charge in [0.05, 0.1) is 11.2 Å². The minimum Gasteiger partial charge on any atom is -0.381 e. The molecule has 3 rings (SSSR count). The Morgan fingerprint density at radius 1 is 1.45 bits per heavy atom. The predicted octanol–water partition coefficient (Wildman–Crippen LogP) is 1.22. The van der Waals surface area contributed by atoms with Crippen molar-refractivity contribution in [2.24, 2.45) is 0 Å². The number of nitrogens with two attached hydrogens (primary N) is 1. The van der Waals surface area contributed by atoms with E-state index >= 15 is 0 Å². The fourth-order valence-corrected chi connectivity index (χ4v) is 4.56. The van der Waals surface area contributed by atoms with E-state index in [0.717, 1.165) is 10.6 Å². The molecule has 0 saturated carbocycles. The second-order valence-corrected chi connectivity index (χ2v) is 7.54. The summed E-state index contributed by atoms with van der Waals surface area (Å²) in [5, 5.41) is 1.74. The summed E-state index contributed by atoms with van der Waals surface area (Å²) >= 11 is 2.74. The summed E-state index contributed by atoms with van der Waals surface area (Å²) in [7, 11) is -3.73. The van der Waals surface area contributed by atoms with Crippen LogP contribution in [-0.4, -0.2) is 22.8 Å². The van der Waals surface area contributed by atoms with Crippen molar-refractivity contribution in [3.05, 3.63) is 27.7 Å². The number of hydrogen-bond acceptors (Lipinski definition) is 7. The molecule has 0 amide bonds. The molecule has 3 aromatic rings. The van der Waals surface area contributed by atoms with Crippen LogP contribution in [0.1, 0.15) is 10.6 Å². The minimum absolute atomic E-state index is 0.00498. The highest BCUT2D eigenvalue weighted by atomic mass is 32.2. The maximum atomic E-state index is 12.4. The molecule has 10 heteroatoms. The zero-order valence-corrected chi connectivity index (χ0v) is 12.8. The van der Waals surface area contributed by atoms with E-state index in [2.05, 4.69) is 14.7 Å². The number of imidazole rings is 1. The number of nitrogen functional groups attached to an aromatic ring is 1. The number of nitrogens with zero attached hydrogens (tertiary/aromatic N) is 3. The molecule has 3 heterocycles.